The molecule has 0 aliphatic rings. The molecule has 0 amide bonds. The summed E-state index contributed by atoms with van der Waals surface area (Å²) in [5.41, 5.74) is 0. The minimum absolute atomic E-state index is 0.0863. The van der Waals surface area contributed by atoms with Crippen molar-refractivity contribution in [1.82, 2.24) is 0 Å². The molecule has 0 saturated heterocycles. The van der Waals surface area contributed by atoms with Crippen molar-refractivity contribution in [2.45, 2.75) is 104 Å². The Morgan fingerprint density at radius 3 is 2.17 bits per heavy atom. The lowest BCUT2D eigenvalue weighted by molar-refractivity contribution is -0.140. The number of esters is 1. The number of aliphatic hydroxyl groups excluding tert-OH is 1. The molecule has 2 atom stereocenters. The quantitative estimate of drug-likeness (QED) is 0.265. The summed E-state index contributed by atoms with van der Waals surface area (Å²) in [5, 5.41) is 9.52. The second-order valence-electron chi connectivity index (χ2n) is 7.46. The maximum Gasteiger partial charge on any atom is 0.305 e. The molecular weight excluding hydrogens is 300 g/mol. The molecule has 0 bridgehead atoms. The third kappa shape index (κ3) is 15.0. The zero-order chi connectivity index (χ0) is 18.0. The highest BCUT2D eigenvalue weighted by atomic mass is 16.5. The van der Waals surface area contributed by atoms with E-state index in [9.17, 15) is 9.90 Å². The van der Waals surface area contributed by atoms with Crippen molar-refractivity contribution in [3.8, 4) is 0 Å². The second kappa shape index (κ2) is 17.3. The van der Waals surface area contributed by atoms with Crippen molar-refractivity contribution < 1.29 is 14.6 Å². The number of methoxy groups -OCH3 is 1. The van der Waals surface area contributed by atoms with Crippen LogP contribution in [0.15, 0.2) is 0 Å². The largest absolute Gasteiger partial charge is 0.469 e. The maximum absolute atomic E-state index is 11.0. The first-order chi connectivity index (χ1) is 11.6. The Morgan fingerprint density at radius 1 is 0.875 bits per heavy atom. The molecule has 1 N–H and O–H groups in total. The molecule has 0 saturated carbocycles. The molecule has 0 rings (SSSR count). The van der Waals surface area contributed by atoms with Crippen LogP contribution in [-0.4, -0.2) is 24.8 Å². The molecule has 3 nitrogen and oxygen atoms in total. The lowest BCUT2D eigenvalue weighted by Gasteiger charge is -2.17. The molecule has 0 heterocycles. The van der Waals surface area contributed by atoms with Gasteiger partial charge in [-0.15, -0.1) is 0 Å². The number of carbonyl (C=O) groups excluding carboxylic acids is 1. The van der Waals surface area contributed by atoms with Gasteiger partial charge in [0.05, 0.1) is 7.11 Å². The second-order valence-corrected chi connectivity index (χ2v) is 7.46. The molecule has 0 aliphatic carbocycles. The number of carbonyl (C=O) groups is 1. The topological polar surface area (TPSA) is 46.5 Å². The minimum Gasteiger partial charge on any atom is -0.469 e. The van der Waals surface area contributed by atoms with Crippen molar-refractivity contribution in [2.24, 2.45) is 11.8 Å². The predicted octanol–water partition coefficient (Wildman–Crippen LogP) is 5.89. The third-order valence-electron chi connectivity index (χ3n) is 5.10. The van der Waals surface area contributed by atoms with E-state index in [1.807, 2.05) is 0 Å². The fourth-order valence-electron chi connectivity index (χ4n) is 3.25. The van der Waals surface area contributed by atoms with Crippen LogP contribution >= 0.6 is 0 Å². The molecule has 0 spiro atoms. The monoisotopic (exact) mass is 342 g/mol. The fourth-order valence-corrected chi connectivity index (χ4v) is 3.25. The number of hydrogen-bond donors (Lipinski definition) is 1. The molecule has 0 aromatic heterocycles. The Hall–Kier alpha value is -0.570. The Morgan fingerprint density at radius 2 is 1.50 bits per heavy atom. The average molecular weight is 343 g/mol. The van der Waals surface area contributed by atoms with Crippen LogP contribution in [0.1, 0.15) is 104 Å². The Kier molecular flexibility index (Phi) is 16.8. The highest BCUT2D eigenvalue weighted by Crippen LogP contribution is 2.22. The summed E-state index contributed by atoms with van der Waals surface area (Å²) < 4.78 is 4.64. The maximum atomic E-state index is 11.0. The van der Waals surface area contributed by atoms with Crippen LogP contribution in [0.3, 0.4) is 0 Å². The minimum atomic E-state index is -0.0863. The van der Waals surface area contributed by atoms with E-state index in [2.05, 4.69) is 18.6 Å². The molecule has 24 heavy (non-hydrogen) atoms. The molecule has 0 aromatic carbocycles. The highest BCUT2D eigenvalue weighted by Gasteiger charge is 2.10. The van der Waals surface area contributed by atoms with E-state index in [0.29, 0.717) is 18.9 Å². The normalized spacial score (nSPS) is 13.7. The first-order valence-electron chi connectivity index (χ1n) is 10.3. The molecule has 0 fully saturated rings. The van der Waals surface area contributed by atoms with Gasteiger partial charge in [-0.05, 0) is 31.1 Å². The van der Waals surface area contributed by atoms with Crippen molar-refractivity contribution >= 4 is 5.97 Å². The summed E-state index contributed by atoms with van der Waals surface area (Å²) in [4.78, 5) is 11.0. The zero-order valence-corrected chi connectivity index (χ0v) is 16.5. The summed E-state index contributed by atoms with van der Waals surface area (Å²) in [6, 6.07) is 0. The molecule has 0 aliphatic heterocycles. The van der Waals surface area contributed by atoms with Gasteiger partial charge in [-0.1, -0.05) is 78.1 Å². The number of rotatable bonds is 17. The number of hydrogen-bond acceptors (Lipinski definition) is 3. The van der Waals surface area contributed by atoms with E-state index in [0.717, 1.165) is 18.8 Å². The molecule has 0 aromatic rings. The number of aliphatic hydroxyl groups is 1. The van der Waals surface area contributed by atoms with Crippen LogP contribution in [0, 0.1) is 11.8 Å². The smallest absolute Gasteiger partial charge is 0.305 e. The summed E-state index contributed by atoms with van der Waals surface area (Å²) in [6.07, 6.45) is 16.6. The van der Waals surface area contributed by atoms with Crippen LogP contribution in [0.5, 0.6) is 0 Å². The van der Waals surface area contributed by atoms with Crippen molar-refractivity contribution in [3.63, 3.8) is 0 Å². The first-order valence-corrected chi connectivity index (χ1v) is 10.3. The van der Waals surface area contributed by atoms with Gasteiger partial charge in [0.2, 0.25) is 0 Å². The Bertz CT molecular complexity index is 278. The predicted molar refractivity (Wildman–Crippen MR) is 102 cm³/mol. The Balaban J connectivity index is 3.50. The van der Waals surface area contributed by atoms with Gasteiger partial charge in [0.15, 0.2) is 0 Å². The zero-order valence-electron chi connectivity index (χ0n) is 16.5. The van der Waals surface area contributed by atoms with Gasteiger partial charge in [0, 0.05) is 13.0 Å². The van der Waals surface area contributed by atoms with E-state index in [1.54, 1.807) is 0 Å². The molecule has 2 unspecified atom stereocenters. The number of unbranched alkanes of at least 4 members (excludes halogenated alkanes) is 7. The summed E-state index contributed by atoms with van der Waals surface area (Å²) in [5.74, 6) is 1.20. The molecular formula is C21H42O3. The fraction of sp³-hybridized carbons (Fsp3) is 0.952. The van der Waals surface area contributed by atoms with Crippen LogP contribution in [0.25, 0.3) is 0 Å². The van der Waals surface area contributed by atoms with E-state index in [-0.39, 0.29) is 5.97 Å². The van der Waals surface area contributed by atoms with Crippen LogP contribution in [0.2, 0.25) is 0 Å². The molecule has 0 radical (unpaired) electrons. The SMILES string of the molecule is CCCCCCC(CO)CCC(C)CCCCCCCC(=O)OC. The van der Waals surface area contributed by atoms with Gasteiger partial charge in [-0.3, -0.25) is 4.79 Å². The van der Waals surface area contributed by atoms with Crippen LogP contribution in [0.4, 0.5) is 0 Å². The van der Waals surface area contributed by atoms with Crippen LogP contribution < -0.4 is 0 Å². The summed E-state index contributed by atoms with van der Waals surface area (Å²) >= 11 is 0. The highest BCUT2D eigenvalue weighted by molar-refractivity contribution is 5.68. The lowest BCUT2D eigenvalue weighted by Crippen LogP contribution is -2.08. The van der Waals surface area contributed by atoms with E-state index in [4.69, 9.17) is 0 Å². The average Bonchev–Trinajstić information content (AvgIpc) is 2.60. The van der Waals surface area contributed by atoms with Gasteiger partial charge in [-0.2, -0.15) is 0 Å². The van der Waals surface area contributed by atoms with Gasteiger partial charge in [-0.25, -0.2) is 0 Å². The van der Waals surface area contributed by atoms with Crippen molar-refractivity contribution in [1.29, 1.82) is 0 Å². The van der Waals surface area contributed by atoms with Gasteiger partial charge < -0.3 is 9.84 Å². The number of ether oxygens (including phenoxy) is 1. The summed E-state index contributed by atoms with van der Waals surface area (Å²) in [6.45, 7) is 4.95. The summed E-state index contributed by atoms with van der Waals surface area (Å²) in [7, 11) is 1.45. The molecule has 3 heteroatoms. The first kappa shape index (κ1) is 23.4. The van der Waals surface area contributed by atoms with E-state index >= 15 is 0 Å². The van der Waals surface area contributed by atoms with Crippen molar-refractivity contribution in [2.75, 3.05) is 13.7 Å². The Labute approximate surface area is 150 Å². The van der Waals surface area contributed by atoms with Gasteiger partial charge in [0.25, 0.3) is 0 Å². The van der Waals surface area contributed by atoms with Gasteiger partial charge in [0.1, 0.15) is 0 Å². The van der Waals surface area contributed by atoms with Gasteiger partial charge >= 0.3 is 5.97 Å². The third-order valence-corrected chi connectivity index (χ3v) is 5.10. The standard InChI is InChI=1S/C21H42O3/c1-4-5-6-11-14-20(18-22)17-16-19(2)13-10-8-7-9-12-15-21(23)24-3/h19-20,22H,4-18H2,1-3H3. The van der Waals surface area contributed by atoms with E-state index < -0.39 is 0 Å². The lowest BCUT2D eigenvalue weighted by atomic mass is 9.90. The van der Waals surface area contributed by atoms with E-state index in [1.165, 1.54) is 77.7 Å². The van der Waals surface area contributed by atoms with Crippen LogP contribution in [-0.2, 0) is 9.53 Å². The molecule has 144 valence electrons. The van der Waals surface area contributed by atoms with Crippen molar-refractivity contribution in [3.05, 3.63) is 0 Å².